The molecule has 1 aromatic heterocycles. The number of carbonyl (C=O) groups excluding carboxylic acids is 1. The Hall–Kier alpha value is -1.14. The van der Waals surface area contributed by atoms with Crippen LogP contribution in [0.3, 0.4) is 0 Å². The van der Waals surface area contributed by atoms with Gasteiger partial charge in [-0.3, -0.25) is 4.79 Å². The van der Waals surface area contributed by atoms with Crippen molar-refractivity contribution >= 4 is 27.7 Å². The van der Waals surface area contributed by atoms with Crippen LogP contribution in [0.2, 0.25) is 0 Å². The predicted molar refractivity (Wildman–Crippen MR) is 86.0 cm³/mol. The molecule has 0 spiro atoms. The van der Waals surface area contributed by atoms with Crippen molar-refractivity contribution in [3.05, 3.63) is 22.8 Å². The molecular weight excluding hydrogens is 332 g/mol. The van der Waals surface area contributed by atoms with E-state index in [-0.39, 0.29) is 12.0 Å². The summed E-state index contributed by atoms with van der Waals surface area (Å²) in [4.78, 5) is 21.1. The molecular formula is C15H21BrN4O. The number of aromatic nitrogens is 1. The van der Waals surface area contributed by atoms with Gasteiger partial charge < -0.3 is 15.5 Å². The van der Waals surface area contributed by atoms with Crippen LogP contribution in [0, 0.1) is 5.92 Å². The van der Waals surface area contributed by atoms with Crippen molar-refractivity contribution in [1.82, 2.24) is 9.88 Å². The molecule has 0 aromatic carbocycles. The number of hydrogen-bond donors (Lipinski definition) is 1. The minimum absolute atomic E-state index is 0.150. The Morgan fingerprint density at radius 3 is 2.57 bits per heavy atom. The number of pyridine rings is 1. The van der Waals surface area contributed by atoms with Gasteiger partial charge in [0.15, 0.2) is 0 Å². The third-order valence-corrected chi connectivity index (χ3v) is 4.92. The first-order chi connectivity index (χ1) is 10.1. The zero-order valence-electron chi connectivity index (χ0n) is 12.0. The number of nitrogens with zero attached hydrogens (tertiary/aromatic N) is 3. The highest BCUT2D eigenvalue weighted by Crippen LogP contribution is 2.26. The molecule has 1 aromatic rings. The molecule has 2 aliphatic rings. The lowest BCUT2D eigenvalue weighted by atomic mass is 10.1. The number of hydrogen-bond acceptors (Lipinski definition) is 4. The van der Waals surface area contributed by atoms with Gasteiger partial charge in [0.05, 0.1) is 0 Å². The standard InChI is InChI=1S/C15H21BrN4O/c16-12-2-4-14(18-10-12)19-5-7-20(8-6-19)15(21)11-1-3-13(17)9-11/h2,4,10-11,13H,1,3,5-9,17H2. The number of anilines is 1. The summed E-state index contributed by atoms with van der Waals surface area (Å²) in [6.07, 6.45) is 4.60. The third-order valence-electron chi connectivity index (χ3n) is 4.45. The van der Waals surface area contributed by atoms with E-state index in [1.807, 2.05) is 23.2 Å². The SMILES string of the molecule is NC1CCC(C(=O)N2CCN(c3ccc(Br)cn3)CC2)C1. The van der Waals surface area contributed by atoms with Gasteiger partial charge in [0.25, 0.3) is 0 Å². The van der Waals surface area contributed by atoms with Crippen LogP contribution in [0.15, 0.2) is 22.8 Å². The Bertz CT molecular complexity index is 499. The molecule has 114 valence electrons. The lowest BCUT2D eigenvalue weighted by molar-refractivity contribution is -0.135. The van der Waals surface area contributed by atoms with E-state index in [9.17, 15) is 4.79 Å². The van der Waals surface area contributed by atoms with E-state index in [0.29, 0.717) is 5.91 Å². The second-order valence-electron chi connectivity index (χ2n) is 5.92. The second-order valence-corrected chi connectivity index (χ2v) is 6.83. The third kappa shape index (κ3) is 3.37. The Labute approximate surface area is 133 Å². The van der Waals surface area contributed by atoms with E-state index >= 15 is 0 Å². The topological polar surface area (TPSA) is 62.5 Å². The van der Waals surface area contributed by atoms with Crippen molar-refractivity contribution in [2.75, 3.05) is 31.1 Å². The average Bonchev–Trinajstić information content (AvgIpc) is 2.94. The zero-order chi connectivity index (χ0) is 14.8. The van der Waals surface area contributed by atoms with Gasteiger partial charge in [-0.2, -0.15) is 0 Å². The maximum atomic E-state index is 12.5. The molecule has 21 heavy (non-hydrogen) atoms. The summed E-state index contributed by atoms with van der Waals surface area (Å²) in [5, 5.41) is 0. The quantitative estimate of drug-likeness (QED) is 0.878. The highest BCUT2D eigenvalue weighted by atomic mass is 79.9. The van der Waals surface area contributed by atoms with Crippen molar-refractivity contribution in [2.24, 2.45) is 11.7 Å². The van der Waals surface area contributed by atoms with Crippen molar-refractivity contribution in [3.63, 3.8) is 0 Å². The molecule has 1 aliphatic carbocycles. The molecule has 2 fully saturated rings. The first-order valence-corrected chi connectivity index (χ1v) is 8.33. The van der Waals surface area contributed by atoms with Crippen LogP contribution >= 0.6 is 15.9 Å². The van der Waals surface area contributed by atoms with E-state index in [1.54, 1.807) is 0 Å². The predicted octanol–water partition coefficient (Wildman–Crippen LogP) is 1.62. The fourth-order valence-corrected chi connectivity index (χ4v) is 3.44. The van der Waals surface area contributed by atoms with Crippen molar-refractivity contribution < 1.29 is 4.79 Å². The van der Waals surface area contributed by atoms with Crippen LogP contribution in [0.5, 0.6) is 0 Å². The van der Waals surface area contributed by atoms with Crippen LogP contribution in [-0.4, -0.2) is 48.0 Å². The molecule has 2 atom stereocenters. The Balaban J connectivity index is 1.55. The van der Waals surface area contributed by atoms with Gasteiger partial charge in [0.2, 0.25) is 5.91 Å². The zero-order valence-corrected chi connectivity index (χ0v) is 13.6. The van der Waals surface area contributed by atoms with Gasteiger partial charge in [0.1, 0.15) is 5.82 Å². The van der Waals surface area contributed by atoms with E-state index in [2.05, 4.69) is 25.8 Å². The average molecular weight is 353 g/mol. The fourth-order valence-electron chi connectivity index (χ4n) is 3.21. The molecule has 0 radical (unpaired) electrons. The fraction of sp³-hybridized carbons (Fsp3) is 0.600. The summed E-state index contributed by atoms with van der Waals surface area (Å²) < 4.78 is 0.984. The molecule has 3 rings (SSSR count). The lowest BCUT2D eigenvalue weighted by Crippen LogP contribution is -2.50. The Morgan fingerprint density at radius 1 is 1.24 bits per heavy atom. The maximum absolute atomic E-state index is 12.5. The van der Waals surface area contributed by atoms with Gasteiger partial charge in [-0.1, -0.05) is 0 Å². The van der Waals surface area contributed by atoms with Gasteiger partial charge in [0, 0.05) is 48.8 Å². The molecule has 1 saturated carbocycles. The maximum Gasteiger partial charge on any atom is 0.225 e. The van der Waals surface area contributed by atoms with Crippen LogP contribution in [0.4, 0.5) is 5.82 Å². The molecule has 2 heterocycles. The van der Waals surface area contributed by atoms with Crippen LogP contribution < -0.4 is 10.6 Å². The van der Waals surface area contributed by atoms with Crippen molar-refractivity contribution in [1.29, 1.82) is 0 Å². The second kappa shape index (κ2) is 6.32. The molecule has 1 amide bonds. The van der Waals surface area contributed by atoms with E-state index < -0.39 is 0 Å². The first kappa shape index (κ1) is 14.8. The number of amides is 1. The molecule has 0 bridgehead atoms. The van der Waals surface area contributed by atoms with Crippen LogP contribution in [0.1, 0.15) is 19.3 Å². The summed E-state index contributed by atoms with van der Waals surface area (Å²) in [5.41, 5.74) is 5.91. The number of halogens is 1. The summed E-state index contributed by atoms with van der Waals surface area (Å²) >= 11 is 3.40. The normalized spacial score (nSPS) is 26.2. The van der Waals surface area contributed by atoms with Gasteiger partial charge in [-0.05, 0) is 47.3 Å². The van der Waals surface area contributed by atoms with Gasteiger partial charge >= 0.3 is 0 Å². The molecule has 2 unspecified atom stereocenters. The summed E-state index contributed by atoms with van der Waals surface area (Å²) in [6, 6.07) is 4.23. The molecule has 2 N–H and O–H groups in total. The van der Waals surface area contributed by atoms with Crippen molar-refractivity contribution in [2.45, 2.75) is 25.3 Å². The first-order valence-electron chi connectivity index (χ1n) is 7.54. The molecule has 1 saturated heterocycles. The van der Waals surface area contributed by atoms with Crippen LogP contribution in [0.25, 0.3) is 0 Å². The van der Waals surface area contributed by atoms with Crippen molar-refractivity contribution in [3.8, 4) is 0 Å². The lowest BCUT2D eigenvalue weighted by Gasteiger charge is -2.36. The van der Waals surface area contributed by atoms with Gasteiger partial charge in [-0.15, -0.1) is 0 Å². The summed E-state index contributed by atoms with van der Waals surface area (Å²) in [6.45, 7) is 3.25. The number of rotatable bonds is 2. The van der Waals surface area contributed by atoms with Crippen LogP contribution in [-0.2, 0) is 4.79 Å². The molecule has 1 aliphatic heterocycles. The highest BCUT2D eigenvalue weighted by molar-refractivity contribution is 9.10. The molecule has 5 nitrogen and oxygen atoms in total. The van der Waals surface area contributed by atoms with Gasteiger partial charge in [-0.25, -0.2) is 4.98 Å². The smallest absolute Gasteiger partial charge is 0.225 e. The minimum Gasteiger partial charge on any atom is -0.353 e. The van der Waals surface area contributed by atoms with E-state index in [0.717, 1.165) is 55.7 Å². The minimum atomic E-state index is 0.150. The monoisotopic (exact) mass is 352 g/mol. The summed E-state index contributed by atoms with van der Waals surface area (Å²) in [5.74, 6) is 1.43. The Morgan fingerprint density at radius 2 is 2.00 bits per heavy atom. The number of carbonyl (C=O) groups is 1. The highest BCUT2D eigenvalue weighted by Gasteiger charge is 2.32. The summed E-state index contributed by atoms with van der Waals surface area (Å²) in [7, 11) is 0. The number of nitrogens with two attached hydrogens (primary N) is 1. The van der Waals surface area contributed by atoms with E-state index in [4.69, 9.17) is 5.73 Å². The van der Waals surface area contributed by atoms with E-state index in [1.165, 1.54) is 0 Å². The Kier molecular flexibility index (Phi) is 4.45. The molecule has 6 heteroatoms. The number of piperazine rings is 1. The largest absolute Gasteiger partial charge is 0.353 e.